The van der Waals surface area contributed by atoms with Crippen LogP contribution >= 0.6 is 7.60 Å². The topological polar surface area (TPSA) is 64.0 Å². The van der Waals surface area contributed by atoms with Gasteiger partial charge in [-0.2, -0.15) is 0 Å². The van der Waals surface area contributed by atoms with Crippen LogP contribution in [0.1, 0.15) is 5.56 Å². The van der Waals surface area contributed by atoms with E-state index in [0.29, 0.717) is 5.56 Å². The molecule has 0 fully saturated rings. The van der Waals surface area contributed by atoms with Crippen LogP contribution in [0.3, 0.4) is 0 Å². The van der Waals surface area contributed by atoms with Crippen LogP contribution in [-0.2, 0) is 10.7 Å². The van der Waals surface area contributed by atoms with Gasteiger partial charge in [-0.3, -0.25) is 4.57 Å². The van der Waals surface area contributed by atoms with Crippen molar-refractivity contribution < 1.29 is 14.4 Å². The van der Waals surface area contributed by atoms with E-state index in [2.05, 4.69) is 0 Å². The second-order valence-electron chi connectivity index (χ2n) is 4.42. The molecule has 0 aliphatic carbocycles. The Hall–Kier alpha value is -1.03. The van der Waals surface area contributed by atoms with Crippen molar-refractivity contribution >= 4 is 19.0 Å². The van der Waals surface area contributed by atoms with E-state index in [9.17, 15) is 4.57 Å². The minimum atomic E-state index is -4.03. The Morgan fingerprint density at radius 2 is 1.71 bits per heavy atom. The summed E-state index contributed by atoms with van der Waals surface area (Å²) in [4.78, 5) is 21.9. The fourth-order valence-corrected chi connectivity index (χ4v) is 2.31. The van der Waals surface area contributed by atoms with Crippen LogP contribution in [0.25, 0.3) is 0 Å². The molecule has 0 spiro atoms. The third-order valence-corrected chi connectivity index (χ3v) is 3.20. The van der Waals surface area contributed by atoms with Crippen LogP contribution in [0.4, 0.5) is 11.4 Å². The van der Waals surface area contributed by atoms with Gasteiger partial charge in [0.05, 0.1) is 6.16 Å². The van der Waals surface area contributed by atoms with Crippen molar-refractivity contribution in [1.29, 1.82) is 0 Å². The third-order valence-electron chi connectivity index (χ3n) is 2.44. The Labute approximate surface area is 102 Å². The van der Waals surface area contributed by atoms with Gasteiger partial charge in [0.1, 0.15) is 0 Å². The average molecular weight is 258 g/mol. The third kappa shape index (κ3) is 4.04. The minimum absolute atomic E-state index is 0.228. The van der Waals surface area contributed by atoms with Crippen molar-refractivity contribution in [2.45, 2.75) is 6.16 Å². The zero-order chi connectivity index (χ0) is 13.2. The maximum atomic E-state index is 11.1. The molecule has 0 saturated carbocycles. The van der Waals surface area contributed by atoms with Crippen LogP contribution in [0.15, 0.2) is 18.2 Å². The zero-order valence-corrected chi connectivity index (χ0v) is 11.5. The number of nitrogens with zero attached hydrogens (tertiary/aromatic N) is 2. The van der Waals surface area contributed by atoms with E-state index >= 15 is 0 Å². The summed E-state index contributed by atoms with van der Waals surface area (Å²) >= 11 is 0. The molecule has 1 aromatic rings. The Morgan fingerprint density at radius 1 is 1.12 bits per heavy atom. The molecule has 5 nitrogen and oxygen atoms in total. The van der Waals surface area contributed by atoms with E-state index in [0.717, 1.165) is 11.4 Å². The summed E-state index contributed by atoms with van der Waals surface area (Å²) in [5.74, 6) is 0. The maximum Gasteiger partial charge on any atom is 0.329 e. The highest BCUT2D eigenvalue weighted by molar-refractivity contribution is 7.50. The Balaban J connectivity index is 3.18. The van der Waals surface area contributed by atoms with Crippen molar-refractivity contribution in [3.63, 3.8) is 0 Å². The zero-order valence-electron chi connectivity index (χ0n) is 10.6. The molecule has 0 unspecified atom stereocenters. The minimum Gasteiger partial charge on any atom is -0.378 e. The molecule has 0 aliphatic rings. The first-order valence-electron chi connectivity index (χ1n) is 5.23. The molecule has 0 aliphatic heterocycles. The first kappa shape index (κ1) is 14.0. The largest absolute Gasteiger partial charge is 0.378 e. The van der Waals surface area contributed by atoms with Crippen molar-refractivity contribution in [2.24, 2.45) is 0 Å². The average Bonchev–Trinajstić information content (AvgIpc) is 2.14. The van der Waals surface area contributed by atoms with Crippen LogP contribution in [0.2, 0.25) is 0 Å². The summed E-state index contributed by atoms with van der Waals surface area (Å²) in [6.45, 7) is 0. The van der Waals surface area contributed by atoms with Gasteiger partial charge in [0.15, 0.2) is 0 Å². The van der Waals surface area contributed by atoms with Crippen LogP contribution in [-0.4, -0.2) is 38.0 Å². The molecule has 0 amide bonds. The first-order chi connectivity index (χ1) is 7.70. The van der Waals surface area contributed by atoms with Gasteiger partial charge in [-0.1, -0.05) is 6.07 Å². The van der Waals surface area contributed by atoms with Gasteiger partial charge in [0.25, 0.3) is 0 Å². The molecule has 1 rings (SSSR count). The van der Waals surface area contributed by atoms with Gasteiger partial charge in [0, 0.05) is 39.6 Å². The lowest BCUT2D eigenvalue weighted by Crippen LogP contribution is -2.14. The molecule has 2 N–H and O–H groups in total. The van der Waals surface area contributed by atoms with E-state index < -0.39 is 7.60 Å². The molecule has 0 radical (unpaired) electrons. The summed E-state index contributed by atoms with van der Waals surface area (Å²) in [6.07, 6.45) is -0.228. The van der Waals surface area contributed by atoms with E-state index in [1.165, 1.54) is 0 Å². The van der Waals surface area contributed by atoms with Gasteiger partial charge in [-0.15, -0.1) is 0 Å². The molecule has 0 atom stereocenters. The molecular weight excluding hydrogens is 239 g/mol. The van der Waals surface area contributed by atoms with Gasteiger partial charge >= 0.3 is 7.60 Å². The number of hydrogen-bond acceptors (Lipinski definition) is 3. The summed E-state index contributed by atoms with van der Waals surface area (Å²) in [5.41, 5.74) is 2.50. The second kappa shape index (κ2) is 5.08. The fourth-order valence-electron chi connectivity index (χ4n) is 1.60. The van der Waals surface area contributed by atoms with E-state index in [-0.39, 0.29) is 6.16 Å². The second-order valence-corrected chi connectivity index (χ2v) is 6.07. The maximum absolute atomic E-state index is 11.1. The molecule has 0 bridgehead atoms. The highest BCUT2D eigenvalue weighted by Gasteiger charge is 2.18. The molecule has 0 saturated heterocycles. The smallest absolute Gasteiger partial charge is 0.329 e. The molecule has 0 aromatic heterocycles. The van der Waals surface area contributed by atoms with Gasteiger partial charge in [0.2, 0.25) is 0 Å². The normalized spacial score (nSPS) is 11.4. The van der Waals surface area contributed by atoms with E-state index in [4.69, 9.17) is 9.79 Å². The number of rotatable bonds is 4. The lowest BCUT2D eigenvalue weighted by atomic mass is 10.1. The Bertz CT molecular complexity index is 440. The van der Waals surface area contributed by atoms with Crippen molar-refractivity contribution in [2.75, 3.05) is 38.0 Å². The number of anilines is 2. The Morgan fingerprint density at radius 3 is 2.12 bits per heavy atom. The summed E-state index contributed by atoms with van der Waals surface area (Å²) in [5, 5.41) is 0. The molecule has 1 aromatic carbocycles. The van der Waals surface area contributed by atoms with Gasteiger partial charge in [-0.25, -0.2) is 0 Å². The predicted octanol–water partition coefficient (Wildman–Crippen LogP) is 1.50. The predicted molar refractivity (Wildman–Crippen MR) is 70.8 cm³/mol. The van der Waals surface area contributed by atoms with E-state index in [1.54, 1.807) is 6.07 Å². The molecular formula is C11H19N2O3P. The van der Waals surface area contributed by atoms with E-state index in [1.807, 2.05) is 50.1 Å². The molecule has 17 heavy (non-hydrogen) atoms. The van der Waals surface area contributed by atoms with Crippen molar-refractivity contribution in [1.82, 2.24) is 0 Å². The van der Waals surface area contributed by atoms with Crippen molar-refractivity contribution in [3.05, 3.63) is 23.8 Å². The van der Waals surface area contributed by atoms with Gasteiger partial charge < -0.3 is 19.6 Å². The molecule has 96 valence electrons. The van der Waals surface area contributed by atoms with Crippen molar-refractivity contribution in [3.8, 4) is 0 Å². The monoisotopic (exact) mass is 258 g/mol. The lowest BCUT2D eigenvalue weighted by Gasteiger charge is -2.21. The SMILES string of the molecule is CN(C)c1ccc(CP(=O)(O)O)c(N(C)C)c1. The van der Waals surface area contributed by atoms with Gasteiger partial charge in [-0.05, 0) is 17.7 Å². The lowest BCUT2D eigenvalue weighted by molar-refractivity contribution is 0.372. The van der Waals surface area contributed by atoms with Crippen LogP contribution in [0, 0.1) is 0 Å². The highest BCUT2D eigenvalue weighted by Crippen LogP contribution is 2.42. The summed E-state index contributed by atoms with van der Waals surface area (Å²) in [6, 6.07) is 5.55. The fraction of sp³-hybridized carbons (Fsp3) is 0.455. The quantitative estimate of drug-likeness (QED) is 0.801. The number of benzene rings is 1. The molecule has 6 heteroatoms. The Kier molecular flexibility index (Phi) is 4.20. The number of hydrogen-bond donors (Lipinski definition) is 2. The first-order valence-corrected chi connectivity index (χ1v) is 7.02. The van der Waals surface area contributed by atoms with Crippen LogP contribution in [0.5, 0.6) is 0 Å². The summed E-state index contributed by atoms with van der Waals surface area (Å²) in [7, 11) is 3.54. The highest BCUT2D eigenvalue weighted by atomic mass is 31.2. The van der Waals surface area contributed by atoms with Crippen LogP contribution < -0.4 is 9.80 Å². The molecule has 0 heterocycles. The standard InChI is InChI=1S/C11H19N2O3P/c1-12(2)10-6-5-9(8-17(14,15)16)11(7-10)13(3)4/h5-7H,8H2,1-4H3,(H2,14,15,16). The summed E-state index contributed by atoms with van der Waals surface area (Å²) < 4.78 is 11.1.